The first-order valence-electron chi connectivity index (χ1n) is 12.3. The largest absolute Gasteiger partial charge is 0.493 e. The van der Waals surface area contributed by atoms with E-state index in [2.05, 4.69) is 5.32 Å². The van der Waals surface area contributed by atoms with E-state index in [-0.39, 0.29) is 41.1 Å². The minimum absolute atomic E-state index is 0. The minimum Gasteiger partial charge on any atom is -0.493 e. The molecule has 0 bridgehead atoms. The number of carboxylic acid groups (broad SMARTS) is 1. The van der Waals surface area contributed by atoms with Crippen LogP contribution >= 0.6 is 17.0 Å². The van der Waals surface area contributed by atoms with Gasteiger partial charge < -0.3 is 25.0 Å². The third kappa shape index (κ3) is 6.83. The number of benzene rings is 2. The van der Waals surface area contributed by atoms with Crippen molar-refractivity contribution in [3.05, 3.63) is 58.1 Å². The Labute approximate surface area is 238 Å². The zero-order valence-electron chi connectivity index (χ0n) is 23.0. The fourth-order valence-electron chi connectivity index (χ4n) is 4.46. The number of amidine groups is 1. The first-order valence-corrected chi connectivity index (χ1v) is 12.3. The summed E-state index contributed by atoms with van der Waals surface area (Å²) in [7, 11) is 1.52. The second-order valence-electron chi connectivity index (χ2n) is 10.1. The molecule has 0 saturated carbocycles. The van der Waals surface area contributed by atoms with Gasteiger partial charge in [-0.15, -0.1) is 17.0 Å². The predicted octanol–water partition coefficient (Wildman–Crippen LogP) is 3.78. The molecule has 10 nitrogen and oxygen atoms in total. The quantitative estimate of drug-likeness (QED) is 0.371. The Morgan fingerprint density at radius 2 is 1.82 bits per heavy atom. The lowest BCUT2D eigenvalue weighted by Crippen LogP contribution is -2.36. The predicted molar refractivity (Wildman–Crippen MR) is 154 cm³/mol. The van der Waals surface area contributed by atoms with Gasteiger partial charge in [0.2, 0.25) is 5.91 Å². The van der Waals surface area contributed by atoms with Crippen molar-refractivity contribution in [2.75, 3.05) is 31.6 Å². The average molecular weight is 604 g/mol. The highest BCUT2D eigenvalue weighted by atomic mass is 79.9. The number of halogens is 1. The van der Waals surface area contributed by atoms with Crippen molar-refractivity contribution in [2.24, 2.45) is 0 Å². The molecule has 0 aliphatic carbocycles. The van der Waals surface area contributed by atoms with Gasteiger partial charge in [-0.1, -0.05) is 20.8 Å². The van der Waals surface area contributed by atoms with Gasteiger partial charge in [0.15, 0.2) is 5.78 Å². The van der Waals surface area contributed by atoms with Gasteiger partial charge in [0.25, 0.3) is 5.91 Å². The summed E-state index contributed by atoms with van der Waals surface area (Å²) in [6.45, 7) is 9.03. The molecule has 2 aromatic rings. The first-order chi connectivity index (χ1) is 17.8. The number of ketones is 1. The number of fused-ring (bicyclic) bond motifs is 1. The van der Waals surface area contributed by atoms with Crippen LogP contribution in [0.25, 0.3) is 0 Å². The Balaban J connectivity index is 0.00000533. The molecule has 0 saturated heterocycles. The van der Waals surface area contributed by atoms with Crippen molar-refractivity contribution < 1.29 is 29.0 Å². The van der Waals surface area contributed by atoms with Crippen molar-refractivity contribution in [3.8, 4) is 5.75 Å². The monoisotopic (exact) mass is 602 g/mol. The van der Waals surface area contributed by atoms with E-state index in [0.717, 1.165) is 5.56 Å². The van der Waals surface area contributed by atoms with Crippen molar-refractivity contribution in [1.29, 1.82) is 5.41 Å². The molecule has 1 aliphatic heterocycles. The van der Waals surface area contributed by atoms with Crippen molar-refractivity contribution >= 4 is 52.1 Å². The van der Waals surface area contributed by atoms with E-state index in [1.54, 1.807) is 35.2 Å². The Morgan fingerprint density at radius 1 is 1.15 bits per heavy atom. The Hall–Kier alpha value is -3.73. The van der Waals surface area contributed by atoms with Gasteiger partial charge in [-0.3, -0.25) is 24.6 Å². The highest BCUT2D eigenvalue weighted by molar-refractivity contribution is 8.93. The number of hydrogen-bond donors (Lipinski definition) is 3. The standard InChI is InChI=1S/C28H34N4O6.BrH/c1-7-38-24-11-18-13-31(26(29)19(18)12-20(24)27(37)30-6)14-23(34)17-8-9-22(21(10-17)28(3,4)5)32(16(2)33)15-25(35)36;/h8-12,29H,7,13-15H2,1-6H3,(H,30,37)(H,35,36);1H. The lowest BCUT2D eigenvalue weighted by atomic mass is 9.84. The number of aliphatic carboxylic acids is 1. The van der Waals surface area contributed by atoms with Crippen LogP contribution < -0.4 is 15.0 Å². The highest BCUT2D eigenvalue weighted by Gasteiger charge is 2.30. The number of hydrogen-bond acceptors (Lipinski definition) is 6. The molecule has 210 valence electrons. The molecule has 1 heterocycles. The maximum absolute atomic E-state index is 13.4. The molecule has 11 heteroatoms. The molecule has 2 amide bonds. The number of carboxylic acids is 1. The number of rotatable bonds is 9. The molecule has 0 aromatic heterocycles. The topological polar surface area (TPSA) is 140 Å². The normalized spacial score (nSPS) is 12.4. The molecule has 0 unspecified atom stereocenters. The number of nitrogens with one attached hydrogen (secondary N) is 2. The van der Waals surface area contributed by atoms with Crippen LogP contribution in [-0.4, -0.2) is 66.2 Å². The molecule has 0 fully saturated rings. The number of Topliss-reactive ketones (excluding diaryl/α,β-unsaturated/α-hetero) is 1. The van der Waals surface area contributed by atoms with Gasteiger partial charge in [0.05, 0.1) is 18.7 Å². The fraction of sp³-hybridized carbons (Fsp3) is 0.393. The molecule has 0 atom stereocenters. The molecule has 3 rings (SSSR count). The van der Waals surface area contributed by atoms with E-state index in [4.69, 9.17) is 10.1 Å². The number of carbonyl (C=O) groups excluding carboxylic acids is 3. The fourth-order valence-corrected chi connectivity index (χ4v) is 4.46. The van der Waals surface area contributed by atoms with Gasteiger partial charge in [0, 0.05) is 37.3 Å². The Bertz CT molecular complexity index is 1320. The SMILES string of the molecule is Br.CCOc1cc2c(cc1C(=O)NC)C(=N)N(CC(=O)c1ccc(N(CC(=O)O)C(C)=O)c(C(C)(C)C)c1)C2. The number of amides is 2. The van der Waals surface area contributed by atoms with Crippen LogP contribution in [0.15, 0.2) is 30.3 Å². The Morgan fingerprint density at radius 3 is 2.36 bits per heavy atom. The summed E-state index contributed by atoms with van der Waals surface area (Å²) in [6, 6.07) is 8.24. The third-order valence-corrected chi connectivity index (χ3v) is 6.33. The molecule has 1 aliphatic rings. The summed E-state index contributed by atoms with van der Waals surface area (Å²) in [6.07, 6.45) is 0. The van der Waals surface area contributed by atoms with Crippen molar-refractivity contribution in [3.63, 3.8) is 0 Å². The molecule has 0 radical (unpaired) electrons. The van der Waals surface area contributed by atoms with Crippen LogP contribution in [-0.2, 0) is 21.5 Å². The summed E-state index contributed by atoms with van der Waals surface area (Å²) < 4.78 is 5.64. The number of anilines is 1. The molecular formula is C28H35BrN4O6. The van der Waals surface area contributed by atoms with E-state index in [1.807, 2.05) is 27.7 Å². The highest BCUT2D eigenvalue weighted by Crippen LogP contribution is 2.34. The summed E-state index contributed by atoms with van der Waals surface area (Å²) in [5.41, 5.74) is 2.69. The van der Waals surface area contributed by atoms with Crippen LogP contribution in [0.1, 0.15) is 72.0 Å². The molecule has 3 N–H and O–H groups in total. The minimum atomic E-state index is -1.14. The molecule has 0 spiro atoms. The van der Waals surface area contributed by atoms with Gasteiger partial charge in [-0.05, 0) is 53.8 Å². The summed E-state index contributed by atoms with van der Waals surface area (Å²) >= 11 is 0. The molecule has 39 heavy (non-hydrogen) atoms. The number of ether oxygens (including phenoxy) is 1. The lowest BCUT2D eigenvalue weighted by molar-refractivity contribution is -0.136. The zero-order valence-corrected chi connectivity index (χ0v) is 24.7. The number of carbonyl (C=O) groups is 4. The van der Waals surface area contributed by atoms with E-state index in [1.165, 1.54) is 18.9 Å². The van der Waals surface area contributed by atoms with E-state index in [0.29, 0.717) is 46.8 Å². The van der Waals surface area contributed by atoms with Gasteiger partial charge in [-0.2, -0.15) is 0 Å². The van der Waals surface area contributed by atoms with E-state index < -0.39 is 23.8 Å². The maximum Gasteiger partial charge on any atom is 0.323 e. The average Bonchev–Trinajstić information content (AvgIpc) is 3.14. The van der Waals surface area contributed by atoms with Gasteiger partial charge in [-0.25, -0.2) is 0 Å². The second-order valence-corrected chi connectivity index (χ2v) is 10.1. The maximum atomic E-state index is 13.4. The van der Waals surface area contributed by atoms with E-state index >= 15 is 0 Å². The zero-order chi connectivity index (χ0) is 28.4. The summed E-state index contributed by atoms with van der Waals surface area (Å²) in [4.78, 5) is 52.1. The van der Waals surface area contributed by atoms with Gasteiger partial charge in [0.1, 0.15) is 18.1 Å². The van der Waals surface area contributed by atoms with Crippen molar-refractivity contribution in [2.45, 2.75) is 46.6 Å². The summed E-state index contributed by atoms with van der Waals surface area (Å²) in [5.74, 6) is -1.55. The van der Waals surface area contributed by atoms with E-state index in [9.17, 15) is 24.3 Å². The van der Waals surface area contributed by atoms with Crippen LogP contribution in [0.2, 0.25) is 0 Å². The van der Waals surface area contributed by atoms with Crippen LogP contribution in [0.5, 0.6) is 5.75 Å². The van der Waals surface area contributed by atoms with Gasteiger partial charge >= 0.3 is 5.97 Å². The first kappa shape index (κ1) is 31.5. The number of nitrogens with zero attached hydrogens (tertiary/aromatic N) is 2. The Kier molecular flexibility index (Phi) is 10.0. The smallest absolute Gasteiger partial charge is 0.323 e. The van der Waals surface area contributed by atoms with Crippen LogP contribution in [0.3, 0.4) is 0 Å². The third-order valence-electron chi connectivity index (χ3n) is 6.33. The molecule has 2 aromatic carbocycles. The van der Waals surface area contributed by atoms with Crippen molar-refractivity contribution in [1.82, 2.24) is 10.2 Å². The summed E-state index contributed by atoms with van der Waals surface area (Å²) in [5, 5.41) is 20.5. The van der Waals surface area contributed by atoms with Crippen LogP contribution in [0, 0.1) is 5.41 Å². The van der Waals surface area contributed by atoms with Crippen LogP contribution in [0.4, 0.5) is 5.69 Å². The second kappa shape index (κ2) is 12.4. The molecular weight excluding hydrogens is 568 g/mol. The lowest BCUT2D eigenvalue weighted by Gasteiger charge is -2.29.